The van der Waals surface area contributed by atoms with Crippen LogP contribution in [0.15, 0.2) is 58.8 Å². The second-order valence-corrected chi connectivity index (χ2v) is 9.38. The van der Waals surface area contributed by atoms with Gasteiger partial charge in [-0.1, -0.05) is 47.5 Å². The Hall–Kier alpha value is -2.42. The fourth-order valence-corrected chi connectivity index (χ4v) is 4.73. The second kappa shape index (κ2) is 9.39. The molecule has 152 valence electrons. The van der Waals surface area contributed by atoms with E-state index in [0.29, 0.717) is 23.7 Å². The van der Waals surface area contributed by atoms with Crippen molar-refractivity contribution in [3.8, 4) is 0 Å². The lowest BCUT2D eigenvalue weighted by Gasteiger charge is -2.06. The molecule has 0 aliphatic heterocycles. The molecule has 0 spiro atoms. The number of hydrogen-bond donors (Lipinski definition) is 2. The average molecular weight is 450 g/mol. The van der Waals surface area contributed by atoms with Crippen LogP contribution >= 0.6 is 22.9 Å². The van der Waals surface area contributed by atoms with Gasteiger partial charge in [-0.25, -0.2) is 13.4 Å². The van der Waals surface area contributed by atoms with E-state index in [2.05, 4.69) is 15.0 Å². The van der Waals surface area contributed by atoms with Gasteiger partial charge in [-0.3, -0.25) is 9.52 Å². The zero-order chi connectivity index (χ0) is 20.9. The summed E-state index contributed by atoms with van der Waals surface area (Å²) in [6.45, 7) is 2.25. The highest BCUT2D eigenvalue weighted by Gasteiger charge is 2.16. The van der Waals surface area contributed by atoms with E-state index in [4.69, 9.17) is 11.6 Å². The van der Waals surface area contributed by atoms with Gasteiger partial charge in [0.05, 0.1) is 10.6 Å². The number of nitrogens with one attached hydrogen (secondary N) is 2. The molecule has 0 fully saturated rings. The van der Waals surface area contributed by atoms with Crippen LogP contribution in [-0.4, -0.2) is 19.3 Å². The third-order valence-corrected chi connectivity index (χ3v) is 6.81. The predicted octanol–water partition coefficient (Wildman–Crippen LogP) is 4.15. The molecule has 0 atom stereocenters. The summed E-state index contributed by atoms with van der Waals surface area (Å²) in [4.78, 5) is 16.5. The molecule has 1 amide bonds. The Morgan fingerprint density at radius 3 is 2.59 bits per heavy atom. The van der Waals surface area contributed by atoms with Crippen molar-refractivity contribution in [1.29, 1.82) is 0 Å². The zero-order valence-corrected chi connectivity index (χ0v) is 18.1. The minimum absolute atomic E-state index is 0.125. The molecule has 0 saturated carbocycles. The number of sulfonamides is 1. The van der Waals surface area contributed by atoms with Gasteiger partial charge in [-0.05, 0) is 37.1 Å². The Kier molecular flexibility index (Phi) is 6.89. The number of benzene rings is 2. The van der Waals surface area contributed by atoms with E-state index in [1.165, 1.54) is 11.3 Å². The number of anilines is 1. The van der Waals surface area contributed by atoms with E-state index in [1.807, 2.05) is 25.1 Å². The number of thiazole rings is 1. The molecule has 6 nitrogen and oxygen atoms in total. The highest BCUT2D eigenvalue weighted by molar-refractivity contribution is 7.93. The van der Waals surface area contributed by atoms with Crippen molar-refractivity contribution >= 4 is 44.0 Å². The van der Waals surface area contributed by atoms with E-state index in [0.717, 1.165) is 11.1 Å². The molecule has 9 heteroatoms. The minimum Gasteiger partial charge on any atom is -0.352 e. The van der Waals surface area contributed by atoms with Gasteiger partial charge in [0.25, 0.3) is 10.0 Å². The maximum Gasteiger partial charge on any atom is 0.263 e. The largest absolute Gasteiger partial charge is 0.352 e. The lowest BCUT2D eigenvalue weighted by Crippen LogP contribution is -2.23. The smallest absolute Gasteiger partial charge is 0.263 e. The van der Waals surface area contributed by atoms with Crippen molar-refractivity contribution in [3.63, 3.8) is 0 Å². The van der Waals surface area contributed by atoms with Gasteiger partial charge in [0.2, 0.25) is 5.91 Å². The summed E-state index contributed by atoms with van der Waals surface area (Å²) in [5.74, 6) is -0.125. The number of aromatic nitrogens is 1. The van der Waals surface area contributed by atoms with Gasteiger partial charge in [0.1, 0.15) is 0 Å². The number of carbonyl (C=O) groups is 1. The van der Waals surface area contributed by atoms with E-state index in [1.54, 1.807) is 35.7 Å². The Balaban J connectivity index is 1.51. The van der Waals surface area contributed by atoms with E-state index in [9.17, 15) is 13.2 Å². The van der Waals surface area contributed by atoms with Crippen LogP contribution in [0.4, 0.5) is 5.13 Å². The van der Waals surface area contributed by atoms with Crippen molar-refractivity contribution in [2.45, 2.75) is 31.2 Å². The quantitative estimate of drug-likeness (QED) is 0.540. The van der Waals surface area contributed by atoms with E-state index in [-0.39, 0.29) is 22.4 Å². The summed E-state index contributed by atoms with van der Waals surface area (Å²) in [6.07, 6.45) is 0.662. The van der Waals surface area contributed by atoms with Gasteiger partial charge in [0.15, 0.2) is 5.13 Å². The van der Waals surface area contributed by atoms with Crippen molar-refractivity contribution < 1.29 is 13.2 Å². The topological polar surface area (TPSA) is 88.2 Å². The molecule has 3 aromatic rings. The molecule has 1 aromatic heterocycles. The van der Waals surface area contributed by atoms with Crippen molar-refractivity contribution in [2.24, 2.45) is 0 Å². The van der Waals surface area contributed by atoms with Crippen LogP contribution in [0.5, 0.6) is 0 Å². The highest BCUT2D eigenvalue weighted by atomic mass is 35.5. The Morgan fingerprint density at radius 1 is 1.14 bits per heavy atom. The van der Waals surface area contributed by atoms with Gasteiger partial charge in [0, 0.05) is 23.4 Å². The van der Waals surface area contributed by atoms with Crippen molar-refractivity contribution in [1.82, 2.24) is 10.3 Å². The number of carbonyl (C=O) groups excluding carboxylic acids is 1. The van der Waals surface area contributed by atoms with Crippen LogP contribution in [-0.2, 0) is 27.8 Å². The number of hydrogen-bond acceptors (Lipinski definition) is 5. The van der Waals surface area contributed by atoms with Crippen molar-refractivity contribution in [3.05, 3.63) is 75.8 Å². The van der Waals surface area contributed by atoms with Gasteiger partial charge in [-0.15, -0.1) is 11.3 Å². The number of rotatable bonds is 8. The lowest BCUT2D eigenvalue weighted by atomic mass is 10.2. The van der Waals surface area contributed by atoms with E-state index >= 15 is 0 Å². The summed E-state index contributed by atoms with van der Waals surface area (Å²) < 4.78 is 27.3. The summed E-state index contributed by atoms with van der Waals surface area (Å²) in [6, 6.07) is 13.9. The highest BCUT2D eigenvalue weighted by Crippen LogP contribution is 2.21. The third-order valence-electron chi connectivity index (χ3n) is 4.15. The first kappa shape index (κ1) is 21.3. The fraction of sp³-hybridized carbons (Fsp3) is 0.200. The zero-order valence-electron chi connectivity index (χ0n) is 15.7. The lowest BCUT2D eigenvalue weighted by molar-refractivity contribution is -0.121. The maximum atomic E-state index is 12.4. The first-order chi connectivity index (χ1) is 13.8. The van der Waals surface area contributed by atoms with Crippen LogP contribution < -0.4 is 10.0 Å². The van der Waals surface area contributed by atoms with Crippen LogP contribution in [0.1, 0.15) is 23.2 Å². The molecular formula is C20H20ClN3O3S2. The Morgan fingerprint density at radius 2 is 1.86 bits per heavy atom. The minimum atomic E-state index is -3.69. The Bertz CT molecular complexity index is 1100. The molecular weight excluding hydrogens is 430 g/mol. The molecule has 0 unspecified atom stereocenters. The molecule has 0 bridgehead atoms. The first-order valence-corrected chi connectivity index (χ1v) is 11.6. The normalized spacial score (nSPS) is 11.2. The van der Waals surface area contributed by atoms with Crippen LogP contribution in [0.25, 0.3) is 0 Å². The summed E-state index contributed by atoms with van der Waals surface area (Å²) in [5.41, 5.74) is 2.49. The molecule has 2 aromatic carbocycles. The number of aryl methyl sites for hydroxylation is 2. The molecule has 0 radical (unpaired) electrons. The standard InChI is InChI=1S/C20H20ClN3O3S2/c1-14-6-9-17(10-7-14)29(26,27)24-20-23-16(13-28-20)8-11-19(25)22-12-15-4-2-3-5-18(15)21/h2-7,9-10,13H,8,11-12H2,1H3,(H,22,25)(H,23,24). The molecule has 0 aliphatic carbocycles. The monoisotopic (exact) mass is 449 g/mol. The molecule has 0 saturated heterocycles. The van der Waals surface area contributed by atoms with E-state index < -0.39 is 10.0 Å². The van der Waals surface area contributed by atoms with Crippen LogP contribution in [0, 0.1) is 6.92 Å². The average Bonchev–Trinajstić information content (AvgIpc) is 3.12. The van der Waals surface area contributed by atoms with Crippen molar-refractivity contribution in [2.75, 3.05) is 4.72 Å². The maximum absolute atomic E-state index is 12.4. The SMILES string of the molecule is Cc1ccc(S(=O)(=O)Nc2nc(CCC(=O)NCc3ccccc3Cl)cs2)cc1. The summed E-state index contributed by atoms with van der Waals surface area (Å²) in [5, 5.41) is 5.45. The van der Waals surface area contributed by atoms with Gasteiger partial charge < -0.3 is 5.32 Å². The third kappa shape index (κ3) is 6.03. The summed E-state index contributed by atoms with van der Waals surface area (Å²) >= 11 is 7.26. The molecule has 3 rings (SSSR count). The summed E-state index contributed by atoms with van der Waals surface area (Å²) in [7, 11) is -3.69. The molecule has 29 heavy (non-hydrogen) atoms. The van der Waals surface area contributed by atoms with Crippen LogP contribution in [0.3, 0.4) is 0 Å². The number of halogens is 1. The van der Waals surface area contributed by atoms with Gasteiger partial charge >= 0.3 is 0 Å². The number of amides is 1. The fourth-order valence-electron chi connectivity index (χ4n) is 2.53. The predicted molar refractivity (Wildman–Crippen MR) is 116 cm³/mol. The number of nitrogens with zero attached hydrogens (tertiary/aromatic N) is 1. The Labute approximate surface area is 179 Å². The first-order valence-electron chi connectivity index (χ1n) is 8.87. The van der Waals surface area contributed by atoms with Crippen LogP contribution in [0.2, 0.25) is 5.02 Å². The second-order valence-electron chi connectivity index (χ2n) is 6.43. The molecule has 1 heterocycles. The molecule has 0 aliphatic rings. The molecule has 2 N–H and O–H groups in total. The van der Waals surface area contributed by atoms with Gasteiger partial charge in [-0.2, -0.15) is 0 Å².